The molecule has 1 fully saturated rings. The Bertz CT molecular complexity index is 1060. The second kappa shape index (κ2) is 11.5. The molecule has 1 aliphatic rings. The van der Waals surface area contributed by atoms with Gasteiger partial charge in [-0.25, -0.2) is 4.98 Å². The minimum atomic E-state index is -0.225. The maximum atomic E-state index is 12.7. The number of nitrogens with one attached hydrogen (secondary N) is 2. The molecule has 8 heteroatoms. The summed E-state index contributed by atoms with van der Waals surface area (Å²) in [6.45, 7) is 5.34. The quantitative estimate of drug-likeness (QED) is 0.413. The molecule has 1 aromatic carbocycles. The zero-order valence-corrected chi connectivity index (χ0v) is 20.5. The largest absolute Gasteiger partial charge is 0.326 e. The molecule has 33 heavy (non-hydrogen) atoms. The van der Waals surface area contributed by atoms with Crippen LogP contribution in [0.2, 0.25) is 0 Å². The lowest BCUT2D eigenvalue weighted by atomic mass is 9.99. The van der Waals surface area contributed by atoms with Crippen LogP contribution in [-0.4, -0.2) is 34.8 Å². The standard InChI is InChI=1S/C25H30N4O2S2/c1-18-10-12-29(13-11-18)16-21-17-33-25(27-21)28-24(31)19-5-2-6-20(15-19)26-23(30)9-3-7-22-8-4-14-32-22/h2,4-6,8,14-15,17-18H,3,7,9-13,16H2,1H3,(H,26,30)(H,27,28,31). The number of benzene rings is 1. The molecule has 2 aromatic heterocycles. The molecule has 1 aliphatic heterocycles. The van der Waals surface area contributed by atoms with E-state index in [0.717, 1.165) is 44.1 Å². The van der Waals surface area contributed by atoms with Crippen LogP contribution in [0.3, 0.4) is 0 Å². The monoisotopic (exact) mass is 482 g/mol. The fourth-order valence-corrected chi connectivity index (χ4v) is 5.34. The molecule has 0 spiro atoms. The van der Waals surface area contributed by atoms with Crippen molar-refractivity contribution in [2.45, 2.75) is 45.6 Å². The van der Waals surface area contributed by atoms with Gasteiger partial charge in [-0.3, -0.25) is 19.8 Å². The molecule has 0 atom stereocenters. The smallest absolute Gasteiger partial charge is 0.257 e. The first-order valence-electron chi connectivity index (χ1n) is 11.5. The van der Waals surface area contributed by atoms with E-state index in [2.05, 4.69) is 33.5 Å². The van der Waals surface area contributed by atoms with E-state index in [1.54, 1.807) is 35.6 Å². The molecular formula is C25H30N4O2S2. The van der Waals surface area contributed by atoms with E-state index < -0.39 is 0 Å². The van der Waals surface area contributed by atoms with Gasteiger partial charge in [0.15, 0.2) is 5.13 Å². The van der Waals surface area contributed by atoms with E-state index in [0.29, 0.717) is 22.8 Å². The summed E-state index contributed by atoms with van der Waals surface area (Å²) in [5.74, 6) is 0.538. The number of nitrogens with zero attached hydrogens (tertiary/aromatic N) is 2. The summed E-state index contributed by atoms with van der Waals surface area (Å²) >= 11 is 3.16. The average molecular weight is 483 g/mol. The fourth-order valence-electron chi connectivity index (χ4n) is 3.90. The third kappa shape index (κ3) is 7.22. The van der Waals surface area contributed by atoms with Crippen LogP contribution in [0.1, 0.15) is 53.5 Å². The Morgan fingerprint density at radius 2 is 1.97 bits per heavy atom. The molecule has 6 nitrogen and oxygen atoms in total. The van der Waals surface area contributed by atoms with E-state index in [1.807, 2.05) is 16.8 Å². The summed E-state index contributed by atoms with van der Waals surface area (Å²) in [5, 5.41) is 10.5. The molecule has 3 aromatic rings. The first-order valence-corrected chi connectivity index (χ1v) is 13.2. The summed E-state index contributed by atoms with van der Waals surface area (Å²) in [4.78, 5) is 33.3. The molecule has 0 radical (unpaired) electrons. The Labute approximate surface area is 203 Å². The Morgan fingerprint density at radius 3 is 2.76 bits per heavy atom. The van der Waals surface area contributed by atoms with Gasteiger partial charge in [-0.05, 0) is 74.3 Å². The minimum absolute atomic E-state index is 0.0409. The van der Waals surface area contributed by atoms with Crippen LogP contribution < -0.4 is 10.6 Å². The molecule has 2 amide bonds. The Kier molecular flexibility index (Phi) is 8.25. The van der Waals surface area contributed by atoms with Gasteiger partial charge >= 0.3 is 0 Å². The van der Waals surface area contributed by atoms with E-state index >= 15 is 0 Å². The van der Waals surface area contributed by atoms with Crippen LogP contribution in [0, 0.1) is 5.92 Å². The van der Waals surface area contributed by atoms with Crippen LogP contribution >= 0.6 is 22.7 Å². The van der Waals surface area contributed by atoms with E-state index in [9.17, 15) is 9.59 Å². The SMILES string of the molecule is CC1CCN(Cc2csc(NC(=O)c3cccc(NC(=O)CCCc4cccs4)c3)n2)CC1. The third-order valence-electron chi connectivity index (χ3n) is 5.85. The molecule has 2 N–H and O–H groups in total. The molecule has 4 rings (SSSR count). The number of carbonyl (C=O) groups excluding carboxylic acids is 2. The van der Waals surface area contributed by atoms with Crippen LogP contribution in [-0.2, 0) is 17.8 Å². The van der Waals surface area contributed by atoms with Gasteiger partial charge in [0.05, 0.1) is 5.69 Å². The van der Waals surface area contributed by atoms with Crippen LogP contribution in [0.15, 0.2) is 47.2 Å². The van der Waals surface area contributed by atoms with Crippen molar-refractivity contribution >= 4 is 45.3 Å². The highest BCUT2D eigenvalue weighted by Crippen LogP contribution is 2.22. The van der Waals surface area contributed by atoms with Gasteiger partial charge in [0.1, 0.15) is 0 Å². The number of aromatic nitrogens is 1. The number of carbonyl (C=O) groups is 2. The van der Waals surface area contributed by atoms with Crippen molar-refractivity contribution in [3.05, 3.63) is 63.3 Å². The van der Waals surface area contributed by atoms with Gasteiger partial charge in [-0.1, -0.05) is 19.1 Å². The topological polar surface area (TPSA) is 74.3 Å². The zero-order chi connectivity index (χ0) is 23.0. The zero-order valence-electron chi connectivity index (χ0n) is 18.9. The Hall–Kier alpha value is -2.55. The number of thiophene rings is 1. The van der Waals surface area contributed by atoms with Crippen LogP contribution in [0.25, 0.3) is 0 Å². The van der Waals surface area contributed by atoms with Crippen LogP contribution in [0.5, 0.6) is 0 Å². The lowest BCUT2D eigenvalue weighted by Gasteiger charge is -2.29. The predicted molar refractivity (Wildman–Crippen MR) is 136 cm³/mol. The fraction of sp³-hybridized carbons (Fsp3) is 0.400. The van der Waals surface area contributed by atoms with E-state index in [4.69, 9.17) is 0 Å². The predicted octanol–water partition coefficient (Wildman–Crippen LogP) is 5.65. The molecule has 0 unspecified atom stereocenters. The van der Waals surface area contributed by atoms with Gasteiger partial charge in [0.2, 0.25) is 5.91 Å². The number of hydrogen-bond donors (Lipinski definition) is 2. The van der Waals surface area contributed by atoms with Crippen molar-refractivity contribution < 1.29 is 9.59 Å². The number of rotatable bonds is 9. The number of likely N-dealkylation sites (tertiary alicyclic amines) is 1. The lowest BCUT2D eigenvalue weighted by molar-refractivity contribution is -0.116. The average Bonchev–Trinajstić information content (AvgIpc) is 3.48. The number of thiazole rings is 1. The molecule has 3 heterocycles. The van der Waals surface area contributed by atoms with Gasteiger partial charge in [-0.2, -0.15) is 0 Å². The molecule has 1 saturated heterocycles. The molecule has 0 bridgehead atoms. The Morgan fingerprint density at radius 1 is 1.12 bits per heavy atom. The summed E-state index contributed by atoms with van der Waals surface area (Å²) in [7, 11) is 0. The number of amides is 2. The first-order chi connectivity index (χ1) is 16.0. The molecule has 0 saturated carbocycles. The highest BCUT2D eigenvalue weighted by molar-refractivity contribution is 7.14. The maximum Gasteiger partial charge on any atom is 0.257 e. The number of hydrogen-bond acceptors (Lipinski definition) is 6. The normalized spacial score (nSPS) is 14.8. The second-order valence-electron chi connectivity index (χ2n) is 8.62. The number of piperidine rings is 1. The highest BCUT2D eigenvalue weighted by Gasteiger charge is 2.17. The minimum Gasteiger partial charge on any atom is -0.326 e. The molecule has 0 aliphatic carbocycles. The van der Waals surface area contributed by atoms with Crippen molar-refractivity contribution in [1.29, 1.82) is 0 Å². The summed E-state index contributed by atoms with van der Waals surface area (Å²) in [6, 6.07) is 11.1. The van der Waals surface area contributed by atoms with Crippen molar-refractivity contribution in [1.82, 2.24) is 9.88 Å². The van der Waals surface area contributed by atoms with Crippen molar-refractivity contribution in [2.75, 3.05) is 23.7 Å². The highest BCUT2D eigenvalue weighted by atomic mass is 32.1. The number of aryl methyl sites for hydroxylation is 1. The lowest BCUT2D eigenvalue weighted by Crippen LogP contribution is -2.32. The van der Waals surface area contributed by atoms with Gasteiger partial charge in [0, 0.05) is 34.5 Å². The maximum absolute atomic E-state index is 12.7. The summed E-state index contributed by atoms with van der Waals surface area (Å²) in [5.41, 5.74) is 2.12. The van der Waals surface area contributed by atoms with Crippen molar-refractivity contribution in [2.24, 2.45) is 5.92 Å². The molecular weight excluding hydrogens is 452 g/mol. The summed E-state index contributed by atoms with van der Waals surface area (Å²) < 4.78 is 0. The van der Waals surface area contributed by atoms with Gasteiger partial charge < -0.3 is 5.32 Å². The van der Waals surface area contributed by atoms with Crippen molar-refractivity contribution in [3.63, 3.8) is 0 Å². The van der Waals surface area contributed by atoms with Gasteiger partial charge in [-0.15, -0.1) is 22.7 Å². The second-order valence-corrected chi connectivity index (χ2v) is 10.5. The third-order valence-corrected chi connectivity index (χ3v) is 7.59. The first kappa shape index (κ1) is 23.6. The number of anilines is 2. The van der Waals surface area contributed by atoms with Crippen LogP contribution in [0.4, 0.5) is 10.8 Å². The van der Waals surface area contributed by atoms with Gasteiger partial charge in [0.25, 0.3) is 5.91 Å². The Balaban J connectivity index is 1.26. The molecule has 174 valence electrons. The summed E-state index contributed by atoms with van der Waals surface area (Å²) in [6.07, 6.45) is 4.62. The van der Waals surface area contributed by atoms with Crippen molar-refractivity contribution in [3.8, 4) is 0 Å². The van der Waals surface area contributed by atoms with E-state index in [1.165, 1.54) is 29.1 Å². The van der Waals surface area contributed by atoms with E-state index in [-0.39, 0.29) is 11.8 Å².